The number of rotatable bonds is 1. The van der Waals surface area contributed by atoms with Crippen LogP contribution in [0.4, 0.5) is 0 Å². The van der Waals surface area contributed by atoms with Crippen molar-refractivity contribution >= 4 is 5.57 Å². The largest absolute Gasteiger partial charge is 0.412 e. The maximum Gasteiger partial charge on any atom is 0.128 e. The molecule has 0 aliphatic carbocycles. The molecule has 0 amide bonds. The van der Waals surface area contributed by atoms with E-state index in [1.54, 1.807) is 12.4 Å². The first-order chi connectivity index (χ1) is 6.68. The molecule has 4 heteroatoms. The Hall–Kier alpha value is -1.42. The van der Waals surface area contributed by atoms with E-state index in [4.69, 9.17) is 4.84 Å². The molecule has 1 aliphatic rings. The lowest BCUT2D eigenvalue weighted by atomic mass is 10.1. The highest BCUT2D eigenvalue weighted by molar-refractivity contribution is 5.68. The maximum absolute atomic E-state index is 5.22. The zero-order chi connectivity index (χ0) is 10.1. The van der Waals surface area contributed by atoms with Crippen molar-refractivity contribution < 1.29 is 4.84 Å². The van der Waals surface area contributed by atoms with Crippen LogP contribution in [0.15, 0.2) is 18.2 Å². The van der Waals surface area contributed by atoms with Crippen molar-refractivity contribution in [2.24, 2.45) is 0 Å². The molecule has 0 saturated heterocycles. The second kappa shape index (κ2) is 3.38. The highest BCUT2D eigenvalue weighted by atomic mass is 16.7. The van der Waals surface area contributed by atoms with Gasteiger partial charge in [0.1, 0.15) is 5.76 Å². The van der Waals surface area contributed by atoms with E-state index in [0.717, 1.165) is 22.7 Å². The van der Waals surface area contributed by atoms with Crippen molar-refractivity contribution in [3.8, 4) is 0 Å². The lowest BCUT2D eigenvalue weighted by Gasteiger charge is -2.05. The van der Waals surface area contributed by atoms with Gasteiger partial charge in [-0.1, -0.05) is 0 Å². The molecule has 1 aromatic heterocycles. The molecular weight excluding hydrogens is 178 g/mol. The van der Waals surface area contributed by atoms with E-state index >= 15 is 0 Å². The number of nitrogens with one attached hydrogen (secondary N) is 1. The van der Waals surface area contributed by atoms with Crippen LogP contribution in [-0.2, 0) is 4.84 Å². The van der Waals surface area contributed by atoms with E-state index in [9.17, 15) is 0 Å². The van der Waals surface area contributed by atoms with E-state index < -0.39 is 0 Å². The van der Waals surface area contributed by atoms with Crippen molar-refractivity contribution in [3.63, 3.8) is 0 Å². The number of hydrogen-bond acceptors (Lipinski definition) is 4. The molecule has 1 unspecified atom stereocenters. The van der Waals surface area contributed by atoms with Gasteiger partial charge >= 0.3 is 0 Å². The lowest BCUT2D eigenvalue weighted by molar-refractivity contribution is 0.122. The quantitative estimate of drug-likeness (QED) is 0.729. The van der Waals surface area contributed by atoms with Gasteiger partial charge in [-0.25, -0.2) is 0 Å². The van der Waals surface area contributed by atoms with Gasteiger partial charge < -0.3 is 4.84 Å². The zero-order valence-electron chi connectivity index (χ0n) is 8.53. The van der Waals surface area contributed by atoms with Gasteiger partial charge in [0, 0.05) is 11.8 Å². The standard InChI is InChI=1S/C10H13N3O/c1-6-4-12-9(5-11-6)10-7(2)13-14-8(10)3/h4-5,7,13H,1-3H3. The van der Waals surface area contributed by atoms with E-state index in [2.05, 4.69) is 15.4 Å². The Balaban J connectivity index is 2.39. The van der Waals surface area contributed by atoms with Crippen LogP contribution in [-0.4, -0.2) is 16.0 Å². The molecule has 74 valence electrons. The van der Waals surface area contributed by atoms with Gasteiger partial charge in [0.15, 0.2) is 0 Å². The molecule has 2 rings (SSSR count). The van der Waals surface area contributed by atoms with Crippen LogP contribution in [0.25, 0.3) is 5.57 Å². The molecule has 0 radical (unpaired) electrons. The predicted octanol–water partition coefficient (Wildman–Crippen LogP) is 1.44. The van der Waals surface area contributed by atoms with Gasteiger partial charge in [-0.2, -0.15) is 0 Å². The van der Waals surface area contributed by atoms with Crippen molar-refractivity contribution in [3.05, 3.63) is 29.5 Å². The summed E-state index contributed by atoms with van der Waals surface area (Å²) in [7, 11) is 0. The summed E-state index contributed by atoms with van der Waals surface area (Å²) in [6, 6.07) is 0.173. The van der Waals surface area contributed by atoms with Gasteiger partial charge in [0.2, 0.25) is 0 Å². The highest BCUT2D eigenvalue weighted by Gasteiger charge is 2.23. The fourth-order valence-corrected chi connectivity index (χ4v) is 1.53. The molecule has 1 aromatic rings. The maximum atomic E-state index is 5.22. The van der Waals surface area contributed by atoms with Gasteiger partial charge in [-0.05, 0) is 20.8 Å². The predicted molar refractivity (Wildman–Crippen MR) is 53.0 cm³/mol. The van der Waals surface area contributed by atoms with Crippen molar-refractivity contribution in [1.82, 2.24) is 15.4 Å². The molecule has 0 saturated carbocycles. The monoisotopic (exact) mass is 191 g/mol. The summed E-state index contributed by atoms with van der Waals surface area (Å²) in [6.07, 6.45) is 3.54. The first-order valence-electron chi connectivity index (χ1n) is 4.60. The summed E-state index contributed by atoms with van der Waals surface area (Å²) < 4.78 is 0. The smallest absolute Gasteiger partial charge is 0.128 e. The molecule has 14 heavy (non-hydrogen) atoms. The average Bonchev–Trinajstić information content (AvgIpc) is 2.49. The van der Waals surface area contributed by atoms with Crippen LogP contribution in [0.5, 0.6) is 0 Å². The van der Waals surface area contributed by atoms with Gasteiger partial charge in [0.25, 0.3) is 0 Å². The van der Waals surface area contributed by atoms with Gasteiger partial charge in [-0.15, -0.1) is 5.48 Å². The minimum atomic E-state index is 0.173. The van der Waals surface area contributed by atoms with Crippen LogP contribution in [0.3, 0.4) is 0 Å². The average molecular weight is 191 g/mol. The molecule has 1 aliphatic heterocycles. The molecule has 0 aromatic carbocycles. The Morgan fingerprint density at radius 2 is 2.07 bits per heavy atom. The SMILES string of the molecule is CC1=C(c2cnc(C)cn2)C(C)NO1. The fraction of sp³-hybridized carbons (Fsp3) is 0.400. The van der Waals surface area contributed by atoms with E-state index in [-0.39, 0.29) is 6.04 Å². The molecule has 1 atom stereocenters. The fourth-order valence-electron chi connectivity index (χ4n) is 1.53. The Kier molecular flexibility index (Phi) is 2.21. The van der Waals surface area contributed by atoms with Crippen molar-refractivity contribution in [2.45, 2.75) is 26.8 Å². The van der Waals surface area contributed by atoms with E-state index in [1.165, 1.54) is 0 Å². The molecule has 0 spiro atoms. The van der Waals surface area contributed by atoms with E-state index in [1.807, 2.05) is 20.8 Å². The summed E-state index contributed by atoms with van der Waals surface area (Å²) >= 11 is 0. The highest BCUT2D eigenvalue weighted by Crippen LogP contribution is 2.25. The Morgan fingerprint density at radius 1 is 1.29 bits per heavy atom. The minimum Gasteiger partial charge on any atom is -0.412 e. The summed E-state index contributed by atoms with van der Waals surface area (Å²) in [4.78, 5) is 13.8. The van der Waals surface area contributed by atoms with Gasteiger partial charge in [-0.3, -0.25) is 9.97 Å². The first-order valence-corrected chi connectivity index (χ1v) is 4.60. The van der Waals surface area contributed by atoms with Crippen LogP contribution < -0.4 is 5.48 Å². The van der Waals surface area contributed by atoms with Crippen molar-refractivity contribution in [1.29, 1.82) is 0 Å². The molecule has 2 heterocycles. The summed E-state index contributed by atoms with van der Waals surface area (Å²) in [5, 5.41) is 0. The van der Waals surface area contributed by atoms with Gasteiger partial charge in [0.05, 0.1) is 23.6 Å². The van der Waals surface area contributed by atoms with E-state index in [0.29, 0.717) is 0 Å². The number of hydroxylamine groups is 1. The number of aromatic nitrogens is 2. The van der Waals surface area contributed by atoms with Crippen LogP contribution >= 0.6 is 0 Å². The third-order valence-corrected chi connectivity index (χ3v) is 2.26. The topological polar surface area (TPSA) is 47.0 Å². The first kappa shape index (κ1) is 9.15. The second-order valence-corrected chi connectivity index (χ2v) is 3.45. The third-order valence-electron chi connectivity index (χ3n) is 2.26. The number of allylic oxidation sites excluding steroid dienone is 1. The number of nitrogens with zero attached hydrogens (tertiary/aromatic N) is 2. The zero-order valence-corrected chi connectivity index (χ0v) is 8.53. The Labute approximate surface area is 83.0 Å². The van der Waals surface area contributed by atoms with Crippen LogP contribution in [0.1, 0.15) is 25.2 Å². The number of aryl methyl sites for hydroxylation is 1. The molecule has 4 nitrogen and oxygen atoms in total. The summed E-state index contributed by atoms with van der Waals surface area (Å²) in [6.45, 7) is 5.88. The van der Waals surface area contributed by atoms with Crippen LogP contribution in [0, 0.1) is 6.92 Å². The normalized spacial score (nSPS) is 21.2. The molecular formula is C10H13N3O. The minimum absolute atomic E-state index is 0.173. The molecule has 0 bridgehead atoms. The van der Waals surface area contributed by atoms with Crippen LogP contribution in [0.2, 0.25) is 0 Å². The summed E-state index contributed by atoms with van der Waals surface area (Å²) in [5.41, 5.74) is 5.77. The second-order valence-electron chi connectivity index (χ2n) is 3.45. The molecule has 0 fully saturated rings. The third kappa shape index (κ3) is 1.48. The van der Waals surface area contributed by atoms with Crippen molar-refractivity contribution in [2.75, 3.05) is 0 Å². The lowest BCUT2D eigenvalue weighted by Crippen LogP contribution is -2.19. The summed E-state index contributed by atoms with van der Waals surface area (Å²) in [5.74, 6) is 0.871. The Morgan fingerprint density at radius 3 is 2.57 bits per heavy atom. The number of hydrogen-bond donors (Lipinski definition) is 1. The Bertz CT molecular complexity index is 369. The molecule has 1 N–H and O–H groups in total.